The first kappa shape index (κ1) is 11.1. The van der Waals surface area contributed by atoms with Gasteiger partial charge in [0.2, 0.25) is 0 Å². The van der Waals surface area contributed by atoms with Crippen molar-refractivity contribution >= 4 is 0 Å². The fourth-order valence-corrected chi connectivity index (χ4v) is 2.61. The van der Waals surface area contributed by atoms with Gasteiger partial charge in [-0.15, -0.1) is 0 Å². The molecule has 0 aromatic heterocycles. The van der Waals surface area contributed by atoms with Crippen molar-refractivity contribution in [1.29, 1.82) is 0 Å². The lowest BCUT2D eigenvalue weighted by Crippen LogP contribution is -2.29. The Balaban J connectivity index is 1.74. The van der Waals surface area contributed by atoms with E-state index in [0.29, 0.717) is 12.1 Å². The van der Waals surface area contributed by atoms with Gasteiger partial charge in [0.25, 0.3) is 0 Å². The second-order valence-corrected chi connectivity index (χ2v) is 5.35. The molecule has 0 radical (unpaired) electrons. The zero-order chi connectivity index (χ0) is 11.7. The van der Waals surface area contributed by atoms with Crippen LogP contribution in [0, 0.1) is 5.92 Å². The molecule has 17 heavy (non-hydrogen) atoms. The number of nitrogens with one attached hydrogen (secondary N) is 1. The van der Waals surface area contributed by atoms with E-state index in [2.05, 4.69) is 36.6 Å². The van der Waals surface area contributed by atoms with Crippen LogP contribution in [0.3, 0.4) is 0 Å². The highest BCUT2D eigenvalue weighted by Gasteiger charge is 2.28. The van der Waals surface area contributed by atoms with Gasteiger partial charge >= 0.3 is 0 Å². The molecule has 1 N–H and O–H groups in total. The highest BCUT2D eigenvalue weighted by molar-refractivity contribution is 5.31. The molecular weight excluding hydrogens is 210 g/mol. The van der Waals surface area contributed by atoms with E-state index >= 15 is 0 Å². The van der Waals surface area contributed by atoms with Crippen LogP contribution < -0.4 is 10.1 Å². The summed E-state index contributed by atoms with van der Waals surface area (Å²) in [6.45, 7) is 0. The molecule has 0 amide bonds. The molecule has 3 rings (SSSR count). The Morgan fingerprint density at radius 1 is 1.24 bits per heavy atom. The lowest BCUT2D eigenvalue weighted by Gasteiger charge is -2.34. The topological polar surface area (TPSA) is 21.3 Å². The summed E-state index contributed by atoms with van der Waals surface area (Å²) in [5.41, 5.74) is 1.38. The third-order valence-corrected chi connectivity index (χ3v) is 3.98. The maximum atomic E-state index is 5.86. The van der Waals surface area contributed by atoms with E-state index in [0.717, 1.165) is 11.7 Å². The summed E-state index contributed by atoms with van der Waals surface area (Å²) in [4.78, 5) is 0. The standard InChI is InChI=1S/C15H21NO/c1-16-15(11-4-2-5-11)12-6-3-7-14(10-12)17-13-8-9-13/h3,6-7,10-11,13,15-16H,2,4-5,8-9H2,1H3. The van der Waals surface area contributed by atoms with Crippen LogP contribution in [0.2, 0.25) is 0 Å². The molecule has 2 heteroatoms. The molecular formula is C15H21NO. The second kappa shape index (κ2) is 4.69. The van der Waals surface area contributed by atoms with E-state index in [4.69, 9.17) is 4.74 Å². The van der Waals surface area contributed by atoms with Crippen LogP contribution in [0.1, 0.15) is 43.7 Å². The van der Waals surface area contributed by atoms with E-state index in [-0.39, 0.29) is 0 Å². The SMILES string of the molecule is CNC(c1cccc(OC2CC2)c1)C1CCC1. The average Bonchev–Trinajstić information content (AvgIpc) is 3.07. The Morgan fingerprint density at radius 3 is 2.65 bits per heavy atom. The minimum Gasteiger partial charge on any atom is -0.490 e. The zero-order valence-electron chi connectivity index (χ0n) is 10.5. The lowest BCUT2D eigenvalue weighted by atomic mass is 9.77. The van der Waals surface area contributed by atoms with Crippen molar-refractivity contribution in [3.8, 4) is 5.75 Å². The van der Waals surface area contributed by atoms with E-state index in [1.807, 2.05) is 0 Å². The van der Waals surface area contributed by atoms with E-state index in [1.165, 1.54) is 37.7 Å². The average molecular weight is 231 g/mol. The van der Waals surface area contributed by atoms with E-state index < -0.39 is 0 Å². The minimum atomic E-state index is 0.488. The van der Waals surface area contributed by atoms with Crippen molar-refractivity contribution < 1.29 is 4.74 Å². The van der Waals surface area contributed by atoms with Crippen LogP contribution in [0.4, 0.5) is 0 Å². The first-order chi connectivity index (χ1) is 8.36. The van der Waals surface area contributed by atoms with Gasteiger partial charge in [0, 0.05) is 6.04 Å². The van der Waals surface area contributed by atoms with Gasteiger partial charge in [-0.2, -0.15) is 0 Å². The number of benzene rings is 1. The Morgan fingerprint density at radius 2 is 2.06 bits per heavy atom. The van der Waals surface area contributed by atoms with Crippen molar-refractivity contribution in [2.24, 2.45) is 5.92 Å². The summed E-state index contributed by atoms with van der Waals surface area (Å²) in [6.07, 6.45) is 7.05. The highest BCUT2D eigenvalue weighted by Crippen LogP contribution is 2.38. The summed E-state index contributed by atoms with van der Waals surface area (Å²) in [6, 6.07) is 9.15. The maximum Gasteiger partial charge on any atom is 0.120 e. The predicted octanol–water partition coefficient (Wildman–Crippen LogP) is 3.29. The largest absolute Gasteiger partial charge is 0.490 e. The molecule has 2 nitrogen and oxygen atoms in total. The molecule has 2 fully saturated rings. The zero-order valence-corrected chi connectivity index (χ0v) is 10.5. The molecule has 0 saturated heterocycles. The maximum absolute atomic E-state index is 5.86. The normalized spacial score (nSPS) is 21.9. The van der Waals surface area contributed by atoms with E-state index in [9.17, 15) is 0 Å². The molecule has 1 atom stereocenters. The monoisotopic (exact) mass is 231 g/mol. The second-order valence-electron chi connectivity index (χ2n) is 5.35. The molecule has 1 aromatic rings. The smallest absolute Gasteiger partial charge is 0.120 e. The Labute approximate surface area is 103 Å². The summed E-state index contributed by atoms with van der Waals surface area (Å²) in [5, 5.41) is 3.46. The lowest BCUT2D eigenvalue weighted by molar-refractivity contribution is 0.238. The third kappa shape index (κ3) is 2.47. The third-order valence-electron chi connectivity index (χ3n) is 3.98. The van der Waals surface area contributed by atoms with Gasteiger partial charge in [-0.3, -0.25) is 0 Å². The van der Waals surface area contributed by atoms with Gasteiger partial charge in [-0.05, 0) is 56.3 Å². The molecule has 0 bridgehead atoms. The molecule has 0 spiro atoms. The van der Waals surface area contributed by atoms with Gasteiger partial charge in [0.05, 0.1) is 6.10 Å². The van der Waals surface area contributed by atoms with Crippen LogP contribution in [-0.4, -0.2) is 13.2 Å². The summed E-state index contributed by atoms with van der Waals surface area (Å²) < 4.78 is 5.86. The number of hydrogen-bond acceptors (Lipinski definition) is 2. The van der Waals surface area contributed by atoms with Gasteiger partial charge in [-0.25, -0.2) is 0 Å². The van der Waals surface area contributed by atoms with Crippen molar-refractivity contribution in [1.82, 2.24) is 5.32 Å². The Bertz CT molecular complexity index is 382. The first-order valence-electron chi connectivity index (χ1n) is 6.80. The van der Waals surface area contributed by atoms with Crippen LogP contribution >= 0.6 is 0 Å². The molecule has 2 saturated carbocycles. The first-order valence-corrected chi connectivity index (χ1v) is 6.80. The number of ether oxygens (including phenoxy) is 1. The van der Waals surface area contributed by atoms with Crippen molar-refractivity contribution in [2.45, 2.75) is 44.2 Å². The Hall–Kier alpha value is -1.02. The molecule has 1 unspecified atom stereocenters. The highest BCUT2D eigenvalue weighted by atomic mass is 16.5. The summed E-state index contributed by atoms with van der Waals surface area (Å²) >= 11 is 0. The van der Waals surface area contributed by atoms with Crippen LogP contribution in [0.5, 0.6) is 5.75 Å². The molecule has 2 aliphatic rings. The summed E-state index contributed by atoms with van der Waals surface area (Å²) in [7, 11) is 2.07. The van der Waals surface area contributed by atoms with Crippen molar-refractivity contribution in [3.63, 3.8) is 0 Å². The Kier molecular flexibility index (Phi) is 3.06. The van der Waals surface area contributed by atoms with Gasteiger partial charge in [0.15, 0.2) is 0 Å². The van der Waals surface area contributed by atoms with Crippen LogP contribution in [-0.2, 0) is 0 Å². The van der Waals surface area contributed by atoms with Gasteiger partial charge < -0.3 is 10.1 Å². The predicted molar refractivity (Wildman–Crippen MR) is 69.2 cm³/mol. The molecule has 1 aromatic carbocycles. The van der Waals surface area contributed by atoms with E-state index in [1.54, 1.807) is 0 Å². The molecule has 0 heterocycles. The summed E-state index contributed by atoms with van der Waals surface area (Å²) in [5.74, 6) is 1.86. The fraction of sp³-hybridized carbons (Fsp3) is 0.600. The number of hydrogen-bond donors (Lipinski definition) is 1. The molecule has 2 aliphatic carbocycles. The number of rotatable bonds is 5. The minimum absolute atomic E-state index is 0.488. The quantitative estimate of drug-likeness (QED) is 0.839. The van der Waals surface area contributed by atoms with Gasteiger partial charge in [-0.1, -0.05) is 18.6 Å². The molecule has 92 valence electrons. The van der Waals surface area contributed by atoms with Crippen LogP contribution in [0.15, 0.2) is 24.3 Å². The molecule has 0 aliphatic heterocycles. The fourth-order valence-electron chi connectivity index (χ4n) is 2.61. The van der Waals surface area contributed by atoms with Crippen molar-refractivity contribution in [2.75, 3.05) is 7.05 Å². The van der Waals surface area contributed by atoms with Crippen LogP contribution in [0.25, 0.3) is 0 Å². The van der Waals surface area contributed by atoms with Crippen molar-refractivity contribution in [3.05, 3.63) is 29.8 Å². The van der Waals surface area contributed by atoms with Gasteiger partial charge in [0.1, 0.15) is 5.75 Å².